The lowest BCUT2D eigenvalue weighted by atomic mass is 10.0. The summed E-state index contributed by atoms with van der Waals surface area (Å²) in [5.74, 6) is -0.339. The molecule has 0 saturated heterocycles. The molecule has 0 rings (SSSR count). The van der Waals surface area contributed by atoms with Crippen molar-refractivity contribution in [3.8, 4) is 0 Å². The Labute approximate surface area is 212 Å². The van der Waals surface area contributed by atoms with Gasteiger partial charge in [0.05, 0.1) is 0 Å². The number of carbonyl (C=O) groups is 2. The minimum absolute atomic E-state index is 0.168. The summed E-state index contributed by atoms with van der Waals surface area (Å²) in [5.41, 5.74) is 0. The normalized spacial score (nSPS) is 11.0. The second-order valence-electron chi connectivity index (χ2n) is 10.0. The first-order valence-corrected chi connectivity index (χ1v) is 15.0. The molecule has 34 heavy (non-hydrogen) atoms. The summed E-state index contributed by atoms with van der Waals surface area (Å²) in [6, 6.07) is 0. The predicted octanol–water partition coefficient (Wildman–Crippen LogP) is 9.48. The highest BCUT2D eigenvalue weighted by atomic mass is 16.6. The van der Waals surface area contributed by atoms with E-state index >= 15 is 0 Å². The fourth-order valence-electron chi connectivity index (χ4n) is 4.32. The second kappa shape index (κ2) is 28.2. The van der Waals surface area contributed by atoms with E-state index in [1.807, 2.05) is 0 Å². The van der Waals surface area contributed by atoms with Crippen LogP contribution in [0, 0.1) is 0 Å². The molecule has 0 aromatic heterocycles. The van der Waals surface area contributed by atoms with E-state index in [4.69, 9.17) is 9.47 Å². The molecule has 0 amide bonds. The van der Waals surface area contributed by atoms with Crippen LogP contribution in [-0.2, 0) is 19.1 Å². The molecule has 0 fully saturated rings. The molecule has 4 heteroatoms. The van der Waals surface area contributed by atoms with Crippen molar-refractivity contribution >= 4 is 11.9 Å². The van der Waals surface area contributed by atoms with Gasteiger partial charge in [0.15, 0.2) is 0 Å². The fraction of sp³-hybridized carbons (Fsp3) is 0.933. The van der Waals surface area contributed by atoms with Gasteiger partial charge in [-0.1, -0.05) is 142 Å². The Hall–Kier alpha value is -1.06. The Morgan fingerprint density at radius 1 is 0.382 bits per heavy atom. The molecular weight excluding hydrogens is 424 g/mol. The number of esters is 2. The van der Waals surface area contributed by atoms with Gasteiger partial charge in [0, 0.05) is 12.8 Å². The Bertz CT molecular complexity index is 436. The summed E-state index contributed by atoms with van der Waals surface area (Å²) in [4.78, 5) is 23.5. The van der Waals surface area contributed by atoms with Crippen LogP contribution in [0.1, 0.15) is 168 Å². The first kappa shape index (κ1) is 32.9. The van der Waals surface area contributed by atoms with Crippen LogP contribution in [0.2, 0.25) is 0 Å². The third kappa shape index (κ3) is 27.2. The molecule has 0 spiro atoms. The minimum Gasteiger partial charge on any atom is -0.462 e. The predicted molar refractivity (Wildman–Crippen MR) is 144 cm³/mol. The van der Waals surface area contributed by atoms with E-state index < -0.39 is 0 Å². The van der Waals surface area contributed by atoms with Crippen molar-refractivity contribution in [2.24, 2.45) is 0 Å². The molecule has 0 bridgehead atoms. The van der Waals surface area contributed by atoms with E-state index in [-0.39, 0.29) is 25.2 Å². The van der Waals surface area contributed by atoms with Gasteiger partial charge in [-0.3, -0.25) is 9.59 Å². The van der Waals surface area contributed by atoms with Crippen LogP contribution in [0.3, 0.4) is 0 Å². The van der Waals surface area contributed by atoms with Crippen LogP contribution >= 0.6 is 0 Å². The summed E-state index contributed by atoms with van der Waals surface area (Å²) in [6.07, 6.45) is 28.9. The maximum atomic E-state index is 11.8. The second-order valence-corrected chi connectivity index (χ2v) is 10.0. The van der Waals surface area contributed by atoms with Crippen molar-refractivity contribution in [2.45, 2.75) is 168 Å². The van der Waals surface area contributed by atoms with Gasteiger partial charge in [-0.05, 0) is 12.8 Å². The number of hydrogen-bond donors (Lipinski definition) is 0. The van der Waals surface area contributed by atoms with Gasteiger partial charge < -0.3 is 9.47 Å². The molecular formula is C30H58O4. The van der Waals surface area contributed by atoms with Crippen LogP contribution < -0.4 is 0 Å². The topological polar surface area (TPSA) is 52.6 Å². The number of ether oxygens (including phenoxy) is 2. The summed E-state index contributed by atoms with van der Waals surface area (Å²) in [5, 5.41) is 0. The number of unbranched alkanes of at least 4 members (excludes halogenated alkanes) is 20. The van der Waals surface area contributed by atoms with Gasteiger partial charge >= 0.3 is 11.9 Å². The molecule has 0 aliphatic rings. The van der Waals surface area contributed by atoms with Crippen LogP contribution in [0.25, 0.3) is 0 Å². The summed E-state index contributed by atoms with van der Waals surface area (Å²) < 4.78 is 10.4. The van der Waals surface area contributed by atoms with Gasteiger partial charge in [-0.2, -0.15) is 0 Å². The molecule has 0 radical (unpaired) electrons. The SMILES string of the molecule is CCCCCCCCCCCCCCCC(=O)OCCOC(=O)CCCCCCCCCCC. The maximum absolute atomic E-state index is 11.8. The van der Waals surface area contributed by atoms with Crippen molar-refractivity contribution in [2.75, 3.05) is 13.2 Å². The molecule has 0 aromatic carbocycles. The molecule has 0 aromatic rings. The van der Waals surface area contributed by atoms with Crippen molar-refractivity contribution in [1.82, 2.24) is 0 Å². The van der Waals surface area contributed by atoms with E-state index in [9.17, 15) is 9.59 Å². The van der Waals surface area contributed by atoms with Crippen LogP contribution in [0.5, 0.6) is 0 Å². The summed E-state index contributed by atoms with van der Waals surface area (Å²) in [6.45, 7) is 4.87. The third-order valence-electron chi connectivity index (χ3n) is 6.58. The third-order valence-corrected chi connectivity index (χ3v) is 6.58. The quantitative estimate of drug-likeness (QED) is 0.0864. The van der Waals surface area contributed by atoms with Gasteiger partial charge in [0.2, 0.25) is 0 Å². The molecule has 0 aliphatic heterocycles. The maximum Gasteiger partial charge on any atom is 0.305 e. The van der Waals surface area contributed by atoms with Gasteiger partial charge in [0.1, 0.15) is 13.2 Å². The van der Waals surface area contributed by atoms with E-state index in [1.54, 1.807) is 0 Å². The average Bonchev–Trinajstić information content (AvgIpc) is 2.83. The minimum atomic E-state index is -0.171. The Balaban J connectivity index is 3.27. The number of carbonyl (C=O) groups excluding carboxylic acids is 2. The lowest BCUT2D eigenvalue weighted by Gasteiger charge is -2.07. The highest BCUT2D eigenvalue weighted by Gasteiger charge is 2.05. The molecule has 0 unspecified atom stereocenters. The molecule has 4 nitrogen and oxygen atoms in total. The smallest absolute Gasteiger partial charge is 0.305 e. The van der Waals surface area contributed by atoms with Crippen molar-refractivity contribution < 1.29 is 19.1 Å². The Kier molecular flexibility index (Phi) is 27.3. The largest absolute Gasteiger partial charge is 0.462 e. The van der Waals surface area contributed by atoms with E-state index in [0.29, 0.717) is 12.8 Å². The molecule has 202 valence electrons. The fourth-order valence-corrected chi connectivity index (χ4v) is 4.32. The summed E-state index contributed by atoms with van der Waals surface area (Å²) >= 11 is 0. The van der Waals surface area contributed by atoms with E-state index in [2.05, 4.69) is 13.8 Å². The molecule has 0 atom stereocenters. The Morgan fingerprint density at radius 2 is 0.618 bits per heavy atom. The zero-order valence-electron chi connectivity index (χ0n) is 23.0. The summed E-state index contributed by atoms with van der Waals surface area (Å²) in [7, 11) is 0. The number of rotatable bonds is 27. The van der Waals surface area contributed by atoms with Gasteiger partial charge in [0.25, 0.3) is 0 Å². The zero-order valence-corrected chi connectivity index (χ0v) is 23.0. The van der Waals surface area contributed by atoms with E-state index in [0.717, 1.165) is 25.7 Å². The molecule has 0 N–H and O–H groups in total. The highest BCUT2D eigenvalue weighted by molar-refractivity contribution is 5.70. The van der Waals surface area contributed by atoms with Crippen LogP contribution in [0.15, 0.2) is 0 Å². The first-order chi connectivity index (χ1) is 16.7. The zero-order chi connectivity index (χ0) is 25.0. The number of hydrogen-bond acceptors (Lipinski definition) is 4. The van der Waals surface area contributed by atoms with Crippen molar-refractivity contribution in [3.63, 3.8) is 0 Å². The van der Waals surface area contributed by atoms with Crippen LogP contribution in [0.4, 0.5) is 0 Å². The van der Waals surface area contributed by atoms with Crippen LogP contribution in [-0.4, -0.2) is 25.2 Å². The highest BCUT2D eigenvalue weighted by Crippen LogP contribution is 2.13. The standard InChI is InChI=1S/C30H58O4/c1-3-5-7-9-11-13-14-15-16-18-20-22-24-26-30(32)34-28-27-33-29(31)25-23-21-19-17-12-10-8-6-4-2/h3-28H2,1-2H3. The molecule has 0 saturated carbocycles. The average molecular weight is 483 g/mol. The lowest BCUT2D eigenvalue weighted by Crippen LogP contribution is -2.13. The van der Waals surface area contributed by atoms with Gasteiger partial charge in [-0.25, -0.2) is 0 Å². The van der Waals surface area contributed by atoms with E-state index in [1.165, 1.54) is 116 Å². The first-order valence-electron chi connectivity index (χ1n) is 15.0. The molecule has 0 aliphatic carbocycles. The molecule has 0 heterocycles. The monoisotopic (exact) mass is 482 g/mol. The van der Waals surface area contributed by atoms with Crippen molar-refractivity contribution in [3.05, 3.63) is 0 Å². The Morgan fingerprint density at radius 3 is 0.882 bits per heavy atom. The lowest BCUT2D eigenvalue weighted by molar-refractivity contribution is -0.152. The van der Waals surface area contributed by atoms with Gasteiger partial charge in [-0.15, -0.1) is 0 Å². The van der Waals surface area contributed by atoms with Crippen molar-refractivity contribution in [1.29, 1.82) is 0 Å².